The molecule has 2 rings (SSSR count). The van der Waals surface area contributed by atoms with Crippen LogP contribution in [0, 0.1) is 6.92 Å². The largest absolute Gasteiger partial charge is 0.496 e. The van der Waals surface area contributed by atoms with E-state index in [1.165, 1.54) is 11.3 Å². The summed E-state index contributed by atoms with van der Waals surface area (Å²) in [6.45, 7) is 2.03. The van der Waals surface area contributed by atoms with Crippen molar-refractivity contribution in [2.45, 2.75) is 6.92 Å². The normalized spacial score (nSPS) is 10.1. The molecule has 1 heterocycles. The molecule has 0 unspecified atom stereocenters. The van der Waals surface area contributed by atoms with Gasteiger partial charge in [-0.2, -0.15) is 0 Å². The van der Waals surface area contributed by atoms with Gasteiger partial charge in [-0.25, -0.2) is 0 Å². The second kappa shape index (κ2) is 4.49. The smallest absolute Gasteiger partial charge is 0.160 e. The van der Waals surface area contributed by atoms with Gasteiger partial charge < -0.3 is 4.74 Å². The molecule has 0 spiro atoms. The van der Waals surface area contributed by atoms with Crippen molar-refractivity contribution in [1.29, 1.82) is 0 Å². The third-order valence-electron chi connectivity index (χ3n) is 2.37. The van der Waals surface area contributed by atoms with Crippen LogP contribution in [0.4, 0.5) is 0 Å². The monoisotopic (exact) mass is 232 g/mol. The Bertz CT molecular complexity index is 514. The predicted octanol–water partition coefficient (Wildman–Crippen LogP) is 3.54. The summed E-state index contributed by atoms with van der Waals surface area (Å²) in [7, 11) is 1.66. The zero-order chi connectivity index (χ0) is 11.5. The number of methoxy groups -OCH3 is 1. The summed E-state index contributed by atoms with van der Waals surface area (Å²) in [5, 5.41) is 0. The molecule has 2 nitrogen and oxygen atoms in total. The maximum atomic E-state index is 10.6. The molecule has 16 heavy (non-hydrogen) atoms. The lowest BCUT2D eigenvalue weighted by Crippen LogP contribution is -1.87. The first kappa shape index (κ1) is 10.9. The molecule has 0 N–H and O–H groups in total. The third-order valence-corrected chi connectivity index (χ3v) is 3.41. The van der Waals surface area contributed by atoms with Crippen LogP contribution in [0.5, 0.6) is 5.75 Å². The minimum absolute atomic E-state index is 0.734. The summed E-state index contributed by atoms with van der Waals surface area (Å²) < 4.78 is 5.34. The van der Waals surface area contributed by atoms with Gasteiger partial charge in [0.15, 0.2) is 6.29 Å². The van der Waals surface area contributed by atoms with Crippen LogP contribution < -0.4 is 4.74 Å². The summed E-state index contributed by atoms with van der Waals surface area (Å²) in [4.78, 5) is 12.4. The number of rotatable bonds is 3. The number of ether oxygens (including phenoxy) is 1. The second-order valence-corrected chi connectivity index (χ2v) is 4.64. The maximum Gasteiger partial charge on any atom is 0.160 e. The maximum absolute atomic E-state index is 10.6. The highest BCUT2D eigenvalue weighted by atomic mass is 32.1. The van der Waals surface area contributed by atoms with Gasteiger partial charge in [-0.05, 0) is 36.8 Å². The van der Waals surface area contributed by atoms with E-state index in [2.05, 4.69) is 0 Å². The summed E-state index contributed by atoms with van der Waals surface area (Å²) in [5.41, 5.74) is 2.19. The quantitative estimate of drug-likeness (QED) is 0.756. The molecule has 0 fully saturated rings. The molecule has 82 valence electrons. The molecule has 0 aliphatic carbocycles. The fourth-order valence-electron chi connectivity index (χ4n) is 1.56. The number of thiophene rings is 1. The van der Waals surface area contributed by atoms with Crippen LogP contribution in [0.25, 0.3) is 10.4 Å². The zero-order valence-electron chi connectivity index (χ0n) is 9.19. The van der Waals surface area contributed by atoms with E-state index in [4.69, 9.17) is 4.74 Å². The predicted molar refractivity (Wildman–Crippen MR) is 66.4 cm³/mol. The minimum atomic E-state index is 0.734. The Morgan fingerprint density at radius 3 is 2.69 bits per heavy atom. The minimum Gasteiger partial charge on any atom is -0.496 e. The van der Waals surface area contributed by atoms with Gasteiger partial charge in [0.25, 0.3) is 0 Å². The number of carbonyl (C=O) groups excluding carboxylic acids is 1. The van der Waals surface area contributed by atoms with Gasteiger partial charge in [0.1, 0.15) is 5.75 Å². The molecule has 0 saturated carbocycles. The number of benzene rings is 1. The molecule has 2 aromatic rings. The summed E-state index contributed by atoms with van der Waals surface area (Å²) in [6.07, 6.45) is 0.870. The Labute approximate surface area is 98.5 Å². The van der Waals surface area contributed by atoms with Crippen molar-refractivity contribution in [3.8, 4) is 16.2 Å². The first-order valence-corrected chi connectivity index (χ1v) is 5.76. The van der Waals surface area contributed by atoms with Crippen LogP contribution >= 0.6 is 11.3 Å². The fourth-order valence-corrected chi connectivity index (χ4v) is 2.42. The fraction of sp³-hybridized carbons (Fsp3) is 0.154. The highest BCUT2D eigenvalue weighted by Crippen LogP contribution is 2.34. The number of carbonyl (C=O) groups is 1. The Morgan fingerprint density at radius 2 is 2.06 bits per heavy atom. The van der Waals surface area contributed by atoms with Gasteiger partial charge in [-0.3, -0.25) is 4.79 Å². The lowest BCUT2D eigenvalue weighted by molar-refractivity contribution is 0.112. The second-order valence-electron chi connectivity index (χ2n) is 3.52. The van der Waals surface area contributed by atoms with E-state index in [-0.39, 0.29) is 0 Å². The first-order chi connectivity index (χ1) is 7.74. The van der Waals surface area contributed by atoms with E-state index >= 15 is 0 Å². The van der Waals surface area contributed by atoms with E-state index in [1.54, 1.807) is 7.11 Å². The topological polar surface area (TPSA) is 26.3 Å². The van der Waals surface area contributed by atoms with E-state index < -0.39 is 0 Å². The van der Waals surface area contributed by atoms with E-state index in [0.29, 0.717) is 0 Å². The highest BCUT2D eigenvalue weighted by Gasteiger charge is 2.08. The van der Waals surface area contributed by atoms with Crippen molar-refractivity contribution >= 4 is 17.6 Å². The van der Waals surface area contributed by atoms with Gasteiger partial charge >= 0.3 is 0 Å². The van der Waals surface area contributed by atoms with Crippen molar-refractivity contribution < 1.29 is 9.53 Å². The van der Waals surface area contributed by atoms with Gasteiger partial charge in [-0.1, -0.05) is 6.07 Å². The van der Waals surface area contributed by atoms with Crippen molar-refractivity contribution in [3.63, 3.8) is 0 Å². The Kier molecular flexibility index (Phi) is 3.06. The molecular weight excluding hydrogens is 220 g/mol. The highest BCUT2D eigenvalue weighted by molar-refractivity contribution is 7.17. The van der Waals surface area contributed by atoms with Gasteiger partial charge in [0.2, 0.25) is 0 Å². The van der Waals surface area contributed by atoms with Crippen LogP contribution in [0.1, 0.15) is 15.2 Å². The molecule has 3 heteroatoms. The average Bonchev–Trinajstić information content (AvgIpc) is 2.77. The van der Waals surface area contributed by atoms with Crippen molar-refractivity contribution in [2.75, 3.05) is 7.11 Å². The van der Waals surface area contributed by atoms with Crippen LogP contribution in [-0.4, -0.2) is 13.4 Å². The number of aldehydes is 1. The van der Waals surface area contributed by atoms with Gasteiger partial charge in [-0.15, -0.1) is 11.3 Å². The molecule has 0 aliphatic heterocycles. The molecule has 0 bridgehead atoms. The average molecular weight is 232 g/mol. The SMILES string of the molecule is COc1cc(C)ccc1-c1ccc(C=O)s1. The van der Waals surface area contributed by atoms with Crippen LogP contribution in [0.3, 0.4) is 0 Å². The Morgan fingerprint density at radius 1 is 1.25 bits per heavy atom. The van der Waals surface area contributed by atoms with E-state index in [1.807, 2.05) is 37.3 Å². The molecule has 0 aliphatic rings. The van der Waals surface area contributed by atoms with Crippen molar-refractivity contribution in [3.05, 3.63) is 40.8 Å². The standard InChI is InChI=1S/C13H12O2S/c1-9-3-5-11(12(7-9)15-2)13-6-4-10(8-14)16-13/h3-8H,1-2H3. The third kappa shape index (κ3) is 1.99. The van der Waals surface area contributed by atoms with Crippen molar-refractivity contribution in [1.82, 2.24) is 0 Å². The van der Waals surface area contributed by atoms with E-state index in [0.717, 1.165) is 32.9 Å². The molecule has 1 aromatic heterocycles. The van der Waals surface area contributed by atoms with Crippen LogP contribution in [0.2, 0.25) is 0 Å². The summed E-state index contributed by atoms with van der Waals surface area (Å²) >= 11 is 1.47. The molecule has 0 atom stereocenters. The summed E-state index contributed by atoms with van der Waals surface area (Å²) in [6, 6.07) is 9.83. The van der Waals surface area contributed by atoms with Crippen LogP contribution in [0.15, 0.2) is 30.3 Å². The molecule has 0 radical (unpaired) electrons. The first-order valence-electron chi connectivity index (χ1n) is 4.94. The molecule has 0 saturated heterocycles. The molecular formula is C13H12O2S. The lowest BCUT2D eigenvalue weighted by Gasteiger charge is -2.07. The number of hydrogen-bond acceptors (Lipinski definition) is 3. The summed E-state index contributed by atoms with van der Waals surface area (Å²) in [5.74, 6) is 0.847. The number of aryl methyl sites for hydroxylation is 1. The molecule has 0 amide bonds. The van der Waals surface area contributed by atoms with Crippen molar-refractivity contribution in [2.24, 2.45) is 0 Å². The van der Waals surface area contributed by atoms with Crippen LogP contribution in [-0.2, 0) is 0 Å². The molecule has 1 aromatic carbocycles. The van der Waals surface area contributed by atoms with E-state index in [9.17, 15) is 4.79 Å². The van der Waals surface area contributed by atoms with Gasteiger partial charge in [0, 0.05) is 10.4 Å². The zero-order valence-corrected chi connectivity index (χ0v) is 10.0. The Balaban J connectivity index is 2.50. The van der Waals surface area contributed by atoms with Gasteiger partial charge in [0.05, 0.1) is 12.0 Å². The lowest BCUT2D eigenvalue weighted by atomic mass is 10.1. The number of hydrogen-bond donors (Lipinski definition) is 0. The Hall–Kier alpha value is -1.61.